The lowest BCUT2D eigenvalue weighted by Gasteiger charge is -2.36. The van der Waals surface area contributed by atoms with E-state index in [4.69, 9.17) is 25.2 Å². The number of benzene rings is 2. The first-order valence-corrected chi connectivity index (χ1v) is 13.4. The van der Waals surface area contributed by atoms with Crippen molar-refractivity contribution in [3.05, 3.63) is 64.8 Å². The number of nitrogens with two attached hydrogens (primary N) is 1. The van der Waals surface area contributed by atoms with Crippen LogP contribution >= 0.6 is 0 Å². The summed E-state index contributed by atoms with van der Waals surface area (Å²) >= 11 is 0. The summed E-state index contributed by atoms with van der Waals surface area (Å²) in [5.41, 5.74) is 10.5. The molecule has 0 saturated carbocycles. The largest absolute Gasteiger partial charge is 0.493 e. The molecule has 1 saturated heterocycles. The van der Waals surface area contributed by atoms with Gasteiger partial charge >= 0.3 is 0 Å². The Hall–Kier alpha value is -3.65. The molecule has 0 aliphatic carbocycles. The van der Waals surface area contributed by atoms with Crippen molar-refractivity contribution in [1.82, 2.24) is 14.9 Å². The summed E-state index contributed by atoms with van der Waals surface area (Å²) in [6, 6.07) is 14.3. The lowest BCUT2D eigenvalue weighted by molar-refractivity contribution is -0.119. The van der Waals surface area contributed by atoms with E-state index in [1.807, 2.05) is 38.1 Å². The number of aromatic nitrogens is 2. The molecule has 4 rings (SSSR count). The van der Waals surface area contributed by atoms with Crippen LogP contribution in [0.1, 0.15) is 49.1 Å². The first-order valence-electron chi connectivity index (χ1n) is 13.4. The summed E-state index contributed by atoms with van der Waals surface area (Å²) < 4.78 is 12.3. The second kappa shape index (κ2) is 12.3. The Balaban J connectivity index is 1.69. The molecular formula is C30H39N5O3. The van der Waals surface area contributed by atoms with E-state index in [-0.39, 0.29) is 12.5 Å². The molecule has 202 valence electrons. The van der Waals surface area contributed by atoms with Gasteiger partial charge in [0.1, 0.15) is 23.9 Å². The molecule has 8 nitrogen and oxygen atoms in total. The number of hydrogen-bond acceptors (Lipinski definition) is 7. The van der Waals surface area contributed by atoms with Gasteiger partial charge in [0.05, 0.1) is 30.0 Å². The van der Waals surface area contributed by atoms with Crippen LogP contribution in [0.25, 0.3) is 11.4 Å². The third-order valence-corrected chi connectivity index (χ3v) is 6.92. The Bertz CT molecular complexity index is 1270. The van der Waals surface area contributed by atoms with Crippen LogP contribution in [-0.4, -0.2) is 60.1 Å². The highest BCUT2D eigenvalue weighted by molar-refractivity contribution is 5.76. The summed E-state index contributed by atoms with van der Waals surface area (Å²) in [6.07, 6.45) is 0. The second-order valence-electron chi connectivity index (χ2n) is 10.1. The summed E-state index contributed by atoms with van der Waals surface area (Å²) in [6.45, 7) is 14.5. The van der Waals surface area contributed by atoms with Gasteiger partial charge in [0, 0.05) is 26.2 Å². The molecule has 0 unspecified atom stereocenters. The molecule has 1 aromatic heterocycles. The molecule has 1 fully saturated rings. The minimum Gasteiger partial charge on any atom is -0.493 e. The van der Waals surface area contributed by atoms with E-state index in [0.717, 1.165) is 65.9 Å². The van der Waals surface area contributed by atoms with Crippen LogP contribution in [0.4, 0.5) is 5.82 Å². The van der Waals surface area contributed by atoms with Crippen molar-refractivity contribution in [2.24, 2.45) is 5.73 Å². The molecule has 8 heteroatoms. The Labute approximate surface area is 225 Å². The van der Waals surface area contributed by atoms with Crippen molar-refractivity contribution >= 4 is 11.7 Å². The standard InChI is InChI=1S/C30H39N5O3/c1-6-37-26-10-8-7-9-24(26)29-32-22(5)25(19-38-27-17-23(20(2)3)12-11-21(27)4)30(33-29)35-15-13-34(14-16-35)18-28(31)36/h7-12,17,20H,6,13-16,18-19H2,1-5H3,(H2,31,36). The maximum Gasteiger partial charge on any atom is 0.231 e. The van der Waals surface area contributed by atoms with Gasteiger partial charge in [0.25, 0.3) is 0 Å². The summed E-state index contributed by atoms with van der Waals surface area (Å²) in [7, 11) is 0. The van der Waals surface area contributed by atoms with Crippen LogP contribution in [0.3, 0.4) is 0 Å². The normalized spacial score (nSPS) is 14.1. The van der Waals surface area contributed by atoms with Gasteiger partial charge in [-0.2, -0.15) is 0 Å². The predicted octanol–water partition coefficient (Wildman–Crippen LogP) is 4.47. The molecule has 1 aliphatic heterocycles. The number of amides is 1. The molecule has 1 amide bonds. The van der Waals surface area contributed by atoms with Crippen molar-refractivity contribution in [1.29, 1.82) is 0 Å². The number of hydrogen-bond donors (Lipinski definition) is 1. The van der Waals surface area contributed by atoms with Crippen molar-refractivity contribution in [2.45, 2.75) is 47.1 Å². The fourth-order valence-corrected chi connectivity index (χ4v) is 4.68. The maximum absolute atomic E-state index is 11.4. The zero-order valence-electron chi connectivity index (χ0n) is 23.2. The molecule has 3 aromatic rings. The number of carbonyl (C=O) groups excluding carboxylic acids is 1. The third-order valence-electron chi connectivity index (χ3n) is 6.92. The summed E-state index contributed by atoms with van der Waals surface area (Å²) in [5.74, 6) is 3.23. The molecule has 2 aromatic carbocycles. The first kappa shape index (κ1) is 27.4. The van der Waals surface area contributed by atoms with Gasteiger partial charge in [0.15, 0.2) is 5.82 Å². The van der Waals surface area contributed by atoms with E-state index < -0.39 is 0 Å². The molecule has 0 radical (unpaired) electrons. The Morgan fingerprint density at radius 3 is 2.42 bits per heavy atom. The van der Waals surface area contributed by atoms with E-state index in [2.05, 4.69) is 48.8 Å². The Morgan fingerprint density at radius 1 is 1.00 bits per heavy atom. The number of para-hydroxylation sites is 1. The number of piperazine rings is 1. The van der Waals surface area contributed by atoms with E-state index >= 15 is 0 Å². The van der Waals surface area contributed by atoms with Gasteiger partial charge in [-0.3, -0.25) is 9.69 Å². The van der Waals surface area contributed by atoms with Gasteiger partial charge < -0.3 is 20.1 Å². The molecule has 0 bridgehead atoms. The first-order chi connectivity index (χ1) is 18.3. The molecule has 2 N–H and O–H groups in total. The van der Waals surface area contributed by atoms with Crippen LogP contribution in [0.5, 0.6) is 11.5 Å². The zero-order chi connectivity index (χ0) is 27.2. The molecule has 1 aliphatic rings. The lowest BCUT2D eigenvalue weighted by atomic mass is 10.0. The number of ether oxygens (including phenoxy) is 2. The number of anilines is 1. The van der Waals surface area contributed by atoms with Gasteiger partial charge in [-0.05, 0) is 56.0 Å². The highest BCUT2D eigenvalue weighted by Crippen LogP contribution is 2.33. The smallest absolute Gasteiger partial charge is 0.231 e. The number of rotatable bonds is 10. The van der Waals surface area contributed by atoms with Gasteiger partial charge in [-0.1, -0.05) is 38.1 Å². The number of nitrogens with zero attached hydrogens (tertiary/aromatic N) is 4. The van der Waals surface area contributed by atoms with Gasteiger partial charge in [-0.15, -0.1) is 0 Å². The fraction of sp³-hybridized carbons (Fsp3) is 0.433. The Morgan fingerprint density at radius 2 is 1.74 bits per heavy atom. The van der Waals surface area contributed by atoms with Crippen molar-refractivity contribution in [3.63, 3.8) is 0 Å². The van der Waals surface area contributed by atoms with Crippen LogP contribution in [0.2, 0.25) is 0 Å². The average Bonchev–Trinajstić information content (AvgIpc) is 2.89. The van der Waals surface area contributed by atoms with Crippen LogP contribution < -0.4 is 20.1 Å². The topological polar surface area (TPSA) is 93.8 Å². The highest BCUT2D eigenvalue weighted by Gasteiger charge is 2.25. The minimum atomic E-state index is -0.306. The molecule has 38 heavy (non-hydrogen) atoms. The quantitative estimate of drug-likeness (QED) is 0.424. The van der Waals surface area contributed by atoms with Gasteiger partial charge in [-0.25, -0.2) is 9.97 Å². The van der Waals surface area contributed by atoms with Crippen molar-refractivity contribution in [2.75, 3.05) is 44.2 Å². The van der Waals surface area contributed by atoms with E-state index in [0.29, 0.717) is 25.0 Å². The van der Waals surface area contributed by atoms with Crippen LogP contribution in [0, 0.1) is 13.8 Å². The average molecular weight is 518 g/mol. The van der Waals surface area contributed by atoms with Gasteiger partial charge in [0.2, 0.25) is 5.91 Å². The fourth-order valence-electron chi connectivity index (χ4n) is 4.68. The van der Waals surface area contributed by atoms with Crippen LogP contribution in [-0.2, 0) is 11.4 Å². The SMILES string of the molecule is CCOc1ccccc1-c1nc(C)c(COc2cc(C(C)C)ccc2C)c(N2CCN(CC(N)=O)CC2)n1. The van der Waals surface area contributed by atoms with E-state index in [1.165, 1.54) is 5.56 Å². The van der Waals surface area contributed by atoms with E-state index in [9.17, 15) is 4.79 Å². The van der Waals surface area contributed by atoms with Crippen molar-refractivity contribution in [3.8, 4) is 22.9 Å². The predicted molar refractivity (Wildman–Crippen MR) is 151 cm³/mol. The summed E-state index contributed by atoms with van der Waals surface area (Å²) in [4.78, 5) is 25.8. The second-order valence-corrected chi connectivity index (χ2v) is 10.1. The zero-order valence-corrected chi connectivity index (χ0v) is 23.2. The monoisotopic (exact) mass is 517 g/mol. The molecule has 0 atom stereocenters. The van der Waals surface area contributed by atoms with Crippen molar-refractivity contribution < 1.29 is 14.3 Å². The lowest BCUT2D eigenvalue weighted by Crippen LogP contribution is -2.49. The third kappa shape index (κ3) is 6.42. The number of carbonyl (C=O) groups is 1. The minimum absolute atomic E-state index is 0.269. The number of primary amides is 1. The van der Waals surface area contributed by atoms with E-state index in [1.54, 1.807) is 0 Å². The van der Waals surface area contributed by atoms with Crippen LogP contribution in [0.15, 0.2) is 42.5 Å². The number of aryl methyl sites for hydroxylation is 2. The Kier molecular flexibility index (Phi) is 8.84. The summed E-state index contributed by atoms with van der Waals surface area (Å²) in [5, 5.41) is 0. The molecule has 0 spiro atoms. The maximum atomic E-state index is 11.4. The molecular weight excluding hydrogens is 478 g/mol. The highest BCUT2D eigenvalue weighted by atomic mass is 16.5. The molecule has 2 heterocycles.